The maximum atomic E-state index is 5.86. The van der Waals surface area contributed by atoms with E-state index in [1.807, 2.05) is 41.4 Å². The molecule has 0 radical (unpaired) electrons. The second kappa shape index (κ2) is 4.70. The van der Waals surface area contributed by atoms with Gasteiger partial charge in [-0.2, -0.15) is 0 Å². The second-order valence-corrected chi connectivity index (χ2v) is 3.89. The van der Waals surface area contributed by atoms with Crippen molar-refractivity contribution in [2.24, 2.45) is 0 Å². The van der Waals surface area contributed by atoms with Crippen molar-refractivity contribution in [2.45, 2.75) is 19.5 Å². The number of anilines is 2. The summed E-state index contributed by atoms with van der Waals surface area (Å²) >= 11 is 0. The molecule has 0 amide bonds. The Hall–Kier alpha value is -1.97. The van der Waals surface area contributed by atoms with Crippen molar-refractivity contribution in [2.75, 3.05) is 11.1 Å². The molecule has 16 heavy (non-hydrogen) atoms. The van der Waals surface area contributed by atoms with Gasteiger partial charge in [0.25, 0.3) is 0 Å². The van der Waals surface area contributed by atoms with Gasteiger partial charge in [-0.1, -0.05) is 12.1 Å². The molecule has 1 aromatic carbocycles. The van der Waals surface area contributed by atoms with E-state index >= 15 is 0 Å². The fourth-order valence-corrected chi connectivity index (χ4v) is 1.65. The average Bonchev–Trinajstić information content (AvgIpc) is 2.74. The van der Waals surface area contributed by atoms with Gasteiger partial charge < -0.3 is 15.6 Å². The van der Waals surface area contributed by atoms with Gasteiger partial charge in [-0.3, -0.25) is 0 Å². The summed E-state index contributed by atoms with van der Waals surface area (Å²) in [5.74, 6) is 0. The van der Waals surface area contributed by atoms with Crippen molar-refractivity contribution in [1.82, 2.24) is 9.55 Å². The molecule has 0 spiro atoms. The molecule has 84 valence electrons. The van der Waals surface area contributed by atoms with Gasteiger partial charge in [0.05, 0.1) is 17.7 Å². The first-order chi connectivity index (χ1) is 7.75. The van der Waals surface area contributed by atoms with Gasteiger partial charge in [0.1, 0.15) is 0 Å². The van der Waals surface area contributed by atoms with Crippen molar-refractivity contribution < 1.29 is 0 Å². The third-order valence-electron chi connectivity index (χ3n) is 2.41. The first-order valence-electron chi connectivity index (χ1n) is 5.32. The molecule has 2 rings (SSSR count). The summed E-state index contributed by atoms with van der Waals surface area (Å²) < 4.78 is 2.04. The number of hydrogen-bond donors (Lipinski definition) is 2. The summed E-state index contributed by atoms with van der Waals surface area (Å²) in [6.07, 6.45) is 5.54. The van der Waals surface area contributed by atoms with E-state index in [2.05, 4.69) is 17.2 Å². The maximum Gasteiger partial charge on any atom is 0.0946 e. The van der Waals surface area contributed by atoms with E-state index in [0.29, 0.717) is 6.04 Å². The molecule has 0 bridgehead atoms. The van der Waals surface area contributed by atoms with Crippen LogP contribution in [0.4, 0.5) is 11.4 Å². The lowest BCUT2D eigenvalue weighted by molar-refractivity contribution is 0.619. The molecule has 4 heteroatoms. The Kier molecular flexibility index (Phi) is 3.10. The molecule has 1 unspecified atom stereocenters. The van der Waals surface area contributed by atoms with Gasteiger partial charge in [-0.25, -0.2) is 4.98 Å². The van der Waals surface area contributed by atoms with Gasteiger partial charge in [-0.15, -0.1) is 0 Å². The second-order valence-electron chi connectivity index (χ2n) is 3.89. The van der Waals surface area contributed by atoms with Crippen LogP contribution in [0.15, 0.2) is 43.0 Å². The van der Waals surface area contributed by atoms with Crippen LogP contribution in [0.2, 0.25) is 0 Å². The molecule has 4 nitrogen and oxygen atoms in total. The number of nitrogen functional groups attached to an aromatic ring is 1. The van der Waals surface area contributed by atoms with E-state index in [0.717, 1.165) is 17.9 Å². The van der Waals surface area contributed by atoms with Crippen LogP contribution in [0.5, 0.6) is 0 Å². The van der Waals surface area contributed by atoms with E-state index in [-0.39, 0.29) is 0 Å². The zero-order valence-corrected chi connectivity index (χ0v) is 9.30. The molecule has 0 saturated carbocycles. The van der Waals surface area contributed by atoms with Crippen LogP contribution < -0.4 is 11.1 Å². The SMILES string of the molecule is CC(Cn1ccnc1)Nc1ccccc1N. The Bertz CT molecular complexity index is 436. The molecule has 0 aliphatic rings. The number of para-hydroxylation sites is 2. The molecule has 1 heterocycles. The fraction of sp³-hybridized carbons (Fsp3) is 0.250. The number of hydrogen-bond acceptors (Lipinski definition) is 3. The van der Waals surface area contributed by atoms with Gasteiger partial charge in [-0.05, 0) is 19.1 Å². The standard InChI is InChI=1S/C12H16N4/c1-10(8-16-7-6-14-9-16)15-12-5-3-2-4-11(12)13/h2-7,9-10,15H,8,13H2,1H3. The lowest BCUT2D eigenvalue weighted by Gasteiger charge is -2.17. The van der Waals surface area contributed by atoms with Gasteiger partial charge in [0.15, 0.2) is 0 Å². The van der Waals surface area contributed by atoms with Crippen LogP contribution in [0.1, 0.15) is 6.92 Å². The maximum absolute atomic E-state index is 5.86. The Balaban J connectivity index is 1.97. The number of nitrogens with two attached hydrogens (primary N) is 1. The van der Waals surface area contributed by atoms with Crippen LogP contribution in [0, 0.1) is 0 Å². The quantitative estimate of drug-likeness (QED) is 0.768. The molecule has 0 saturated heterocycles. The highest BCUT2D eigenvalue weighted by Crippen LogP contribution is 2.17. The topological polar surface area (TPSA) is 55.9 Å². The van der Waals surface area contributed by atoms with Crippen LogP contribution in [0.25, 0.3) is 0 Å². The van der Waals surface area contributed by atoms with Gasteiger partial charge in [0.2, 0.25) is 0 Å². The molecule has 0 aliphatic heterocycles. The monoisotopic (exact) mass is 216 g/mol. The van der Waals surface area contributed by atoms with E-state index < -0.39 is 0 Å². The van der Waals surface area contributed by atoms with Crippen LogP contribution in [0.3, 0.4) is 0 Å². The number of benzene rings is 1. The molecule has 0 aliphatic carbocycles. The van der Waals surface area contributed by atoms with Crippen molar-refractivity contribution in [3.63, 3.8) is 0 Å². The molecule has 3 N–H and O–H groups in total. The largest absolute Gasteiger partial charge is 0.397 e. The first-order valence-corrected chi connectivity index (χ1v) is 5.32. The molecule has 1 aromatic heterocycles. The zero-order chi connectivity index (χ0) is 11.4. The van der Waals surface area contributed by atoms with Crippen LogP contribution in [-0.4, -0.2) is 15.6 Å². The molecular formula is C12H16N4. The van der Waals surface area contributed by atoms with Crippen molar-refractivity contribution >= 4 is 11.4 Å². The number of imidazole rings is 1. The Labute approximate surface area is 95.1 Å². The highest BCUT2D eigenvalue weighted by Gasteiger charge is 2.04. The third-order valence-corrected chi connectivity index (χ3v) is 2.41. The summed E-state index contributed by atoms with van der Waals surface area (Å²) in [5.41, 5.74) is 7.62. The third kappa shape index (κ3) is 2.53. The predicted octanol–water partition coefficient (Wildman–Crippen LogP) is 1.97. The van der Waals surface area contributed by atoms with Crippen molar-refractivity contribution in [3.8, 4) is 0 Å². The predicted molar refractivity (Wildman–Crippen MR) is 66.2 cm³/mol. The lowest BCUT2D eigenvalue weighted by Crippen LogP contribution is -2.21. The molecule has 2 aromatic rings. The summed E-state index contributed by atoms with van der Waals surface area (Å²) in [7, 11) is 0. The summed E-state index contributed by atoms with van der Waals surface area (Å²) in [5, 5.41) is 3.37. The van der Waals surface area contributed by atoms with E-state index in [1.54, 1.807) is 6.20 Å². The fourth-order valence-electron chi connectivity index (χ4n) is 1.65. The molecule has 1 atom stereocenters. The summed E-state index contributed by atoms with van der Waals surface area (Å²) in [6.45, 7) is 2.99. The average molecular weight is 216 g/mol. The molecular weight excluding hydrogens is 200 g/mol. The van der Waals surface area contributed by atoms with Gasteiger partial charge >= 0.3 is 0 Å². The van der Waals surface area contributed by atoms with Gasteiger partial charge in [0, 0.05) is 25.0 Å². The molecule has 0 fully saturated rings. The summed E-state index contributed by atoms with van der Waals surface area (Å²) in [6, 6.07) is 8.09. The van der Waals surface area contributed by atoms with E-state index in [1.165, 1.54) is 0 Å². The van der Waals surface area contributed by atoms with Crippen molar-refractivity contribution in [1.29, 1.82) is 0 Å². The normalized spacial score (nSPS) is 12.3. The number of nitrogens with zero attached hydrogens (tertiary/aromatic N) is 2. The Morgan fingerprint density at radius 2 is 2.25 bits per heavy atom. The highest BCUT2D eigenvalue weighted by atomic mass is 15.1. The smallest absolute Gasteiger partial charge is 0.0946 e. The number of nitrogens with one attached hydrogen (secondary N) is 1. The lowest BCUT2D eigenvalue weighted by atomic mass is 10.2. The van der Waals surface area contributed by atoms with E-state index in [4.69, 9.17) is 5.73 Å². The minimum Gasteiger partial charge on any atom is -0.397 e. The zero-order valence-electron chi connectivity index (χ0n) is 9.30. The number of rotatable bonds is 4. The number of aromatic nitrogens is 2. The Morgan fingerprint density at radius 1 is 1.44 bits per heavy atom. The van der Waals surface area contributed by atoms with E-state index in [9.17, 15) is 0 Å². The first kappa shape index (κ1) is 10.5. The minimum absolute atomic E-state index is 0.305. The van der Waals surface area contributed by atoms with Crippen LogP contribution >= 0.6 is 0 Å². The Morgan fingerprint density at radius 3 is 2.94 bits per heavy atom. The highest BCUT2D eigenvalue weighted by molar-refractivity contribution is 5.65. The van der Waals surface area contributed by atoms with Crippen LogP contribution in [-0.2, 0) is 6.54 Å². The summed E-state index contributed by atoms with van der Waals surface area (Å²) in [4.78, 5) is 4.01. The minimum atomic E-state index is 0.305. The van der Waals surface area contributed by atoms with Crippen molar-refractivity contribution in [3.05, 3.63) is 43.0 Å².